The van der Waals surface area contributed by atoms with E-state index in [1.165, 1.54) is 53.5 Å². The molecule has 9 aromatic rings. The van der Waals surface area contributed by atoms with Crippen LogP contribution in [0.5, 0.6) is 0 Å². The van der Waals surface area contributed by atoms with E-state index < -0.39 is 0 Å². The number of aromatic nitrogens is 3. The summed E-state index contributed by atoms with van der Waals surface area (Å²) in [5.41, 5.74) is 11.6. The summed E-state index contributed by atoms with van der Waals surface area (Å²) in [6.07, 6.45) is 0. The maximum Gasteiger partial charge on any atom is 0.235 e. The van der Waals surface area contributed by atoms with Crippen LogP contribution < -0.4 is 0 Å². The molecule has 3 aromatic heterocycles. The Labute approximate surface area is 276 Å². The molecule has 0 aliphatic heterocycles. The molecule has 0 unspecified atom stereocenters. The van der Waals surface area contributed by atoms with E-state index in [-0.39, 0.29) is 5.41 Å². The van der Waals surface area contributed by atoms with Gasteiger partial charge in [-0.1, -0.05) is 135 Å². The van der Waals surface area contributed by atoms with Crippen molar-refractivity contribution in [2.75, 3.05) is 0 Å². The second-order valence-electron chi connectivity index (χ2n) is 13.0. The first-order valence-electron chi connectivity index (χ1n) is 16.1. The smallest absolute Gasteiger partial charge is 0.235 e. The molecule has 47 heavy (non-hydrogen) atoms. The van der Waals surface area contributed by atoms with Crippen molar-refractivity contribution in [3.8, 4) is 39.5 Å². The fourth-order valence-corrected chi connectivity index (χ4v) is 9.20. The molecule has 0 spiro atoms. The quantitative estimate of drug-likeness (QED) is 0.197. The summed E-state index contributed by atoms with van der Waals surface area (Å²) < 4.78 is 3.60. The van der Waals surface area contributed by atoms with E-state index in [9.17, 15) is 0 Å². The molecule has 0 radical (unpaired) electrons. The van der Waals surface area contributed by atoms with E-state index in [0.717, 1.165) is 33.2 Å². The fraction of sp³-hybridized carbons (Fsp3) is 0.0698. The van der Waals surface area contributed by atoms with E-state index >= 15 is 0 Å². The molecule has 1 aliphatic rings. The van der Waals surface area contributed by atoms with Crippen LogP contribution in [0.25, 0.3) is 82.3 Å². The number of para-hydroxylation sites is 1. The van der Waals surface area contributed by atoms with Gasteiger partial charge in [-0.2, -0.15) is 0 Å². The molecule has 0 fully saturated rings. The van der Waals surface area contributed by atoms with Crippen molar-refractivity contribution in [2.45, 2.75) is 19.3 Å². The number of fused-ring (bicyclic) bond motifs is 10. The van der Waals surface area contributed by atoms with Crippen LogP contribution in [0.2, 0.25) is 0 Å². The molecule has 0 saturated carbocycles. The van der Waals surface area contributed by atoms with Gasteiger partial charge in [-0.05, 0) is 40.5 Å². The second-order valence-corrected chi connectivity index (χ2v) is 14.0. The van der Waals surface area contributed by atoms with Crippen LogP contribution in [0.1, 0.15) is 24.3 Å². The van der Waals surface area contributed by atoms with Gasteiger partial charge in [0.05, 0.1) is 26.9 Å². The van der Waals surface area contributed by atoms with Gasteiger partial charge >= 0.3 is 0 Å². The molecule has 0 bridgehead atoms. The van der Waals surface area contributed by atoms with Crippen molar-refractivity contribution in [1.82, 2.24) is 14.5 Å². The van der Waals surface area contributed by atoms with Crippen LogP contribution in [-0.4, -0.2) is 14.5 Å². The largest absolute Gasteiger partial charge is 0.276 e. The van der Waals surface area contributed by atoms with Crippen LogP contribution in [0.15, 0.2) is 140 Å². The van der Waals surface area contributed by atoms with Crippen LogP contribution in [0.4, 0.5) is 0 Å². The molecule has 222 valence electrons. The van der Waals surface area contributed by atoms with Crippen LogP contribution in [-0.2, 0) is 5.41 Å². The summed E-state index contributed by atoms with van der Waals surface area (Å²) in [5, 5.41) is 4.78. The van der Waals surface area contributed by atoms with Gasteiger partial charge < -0.3 is 0 Å². The lowest BCUT2D eigenvalue weighted by Gasteiger charge is -2.19. The Balaban J connectivity index is 1.31. The Morgan fingerprint density at radius 3 is 2.11 bits per heavy atom. The number of rotatable bonds is 3. The maximum atomic E-state index is 5.44. The third-order valence-electron chi connectivity index (χ3n) is 9.97. The number of hydrogen-bond acceptors (Lipinski definition) is 3. The lowest BCUT2D eigenvalue weighted by molar-refractivity contribution is 0.674. The van der Waals surface area contributed by atoms with Crippen molar-refractivity contribution in [3.05, 3.63) is 150 Å². The minimum Gasteiger partial charge on any atom is -0.276 e. The van der Waals surface area contributed by atoms with E-state index in [1.807, 2.05) is 11.3 Å². The highest BCUT2D eigenvalue weighted by Crippen LogP contribution is 2.56. The molecular formula is C43H29N3S. The highest BCUT2D eigenvalue weighted by molar-refractivity contribution is 7.21. The highest BCUT2D eigenvalue weighted by atomic mass is 32.1. The number of nitrogens with zero attached hydrogens (tertiary/aromatic N) is 3. The Morgan fingerprint density at radius 1 is 0.574 bits per heavy atom. The predicted molar refractivity (Wildman–Crippen MR) is 198 cm³/mol. The second kappa shape index (κ2) is 9.71. The average Bonchev–Trinajstić information content (AvgIpc) is 3.75. The van der Waals surface area contributed by atoms with Crippen LogP contribution in [0.3, 0.4) is 0 Å². The first kappa shape index (κ1) is 26.6. The van der Waals surface area contributed by atoms with Gasteiger partial charge in [0.15, 0.2) is 0 Å². The predicted octanol–water partition coefficient (Wildman–Crippen LogP) is 11.6. The minimum absolute atomic E-state index is 0.0603. The molecule has 6 aromatic carbocycles. The Kier molecular flexibility index (Phi) is 5.50. The van der Waals surface area contributed by atoms with Crippen molar-refractivity contribution in [2.24, 2.45) is 0 Å². The molecule has 10 rings (SSSR count). The first-order chi connectivity index (χ1) is 23.1. The summed E-state index contributed by atoms with van der Waals surface area (Å²) >= 11 is 1.93. The van der Waals surface area contributed by atoms with Gasteiger partial charge in [-0.25, -0.2) is 9.97 Å². The molecule has 1 aliphatic carbocycles. The third-order valence-corrected chi connectivity index (χ3v) is 11.5. The molecule has 0 N–H and O–H groups in total. The van der Waals surface area contributed by atoms with E-state index in [0.29, 0.717) is 5.95 Å². The standard InChI is InChI=1S/C43H29N3S/c1-43(2)34-19-11-9-18-31(34)37-32-23-22-30-29-17-10-12-20-36(29)46(39(30)40(32)47-41(37)43)42-44-35-24-21-28(26-13-5-3-6-14-26)25-33(35)38(45-42)27-15-7-4-8-16-27/h3-25H,1-2H3. The molecule has 3 heterocycles. The molecule has 0 amide bonds. The third kappa shape index (κ3) is 3.73. The van der Waals surface area contributed by atoms with E-state index in [4.69, 9.17) is 9.97 Å². The average molecular weight is 620 g/mol. The summed E-state index contributed by atoms with van der Waals surface area (Å²) in [6.45, 7) is 4.73. The normalized spacial score (nSPS) is 13.5. The summed E-state index contributed by atoms with van der Waals surface area (Å²) in [4.78, 5) is 12.2. The zero-order valence-electron chi connectivity index (χ0n) is 26.0. The molecule has 4 heteroatoms. The van der Waals surface area contributed by atoms with Crippen LogP contribution in [0, 0.1) is 0 Å². The molecule has 0 saturated heterocycles. The van der Waals surface area contributed by atoms with Gasteiger partial charge in [-0.3, -0.25) is 4.57 Å². The number of thiophene rings is 1. The zero-order chi connectivity index (χ0) is 31.3. The Morgan fingerprint density at radius 2 is 1.28 bits per heavy atom. The van der Waals surface area contributed by atoms with E-state index in [2.05, 4.69) is 158 Å². The zero-order valence-corrected chi connectivity index (χ0v) is 26.8. The molecule has 0 atom stereocenters. The maximum absolute atomic E-state index is 5.44. The van der Waals surface area contributed by atoms with Crippen molar-refractivity contribution >= 4 is 54.1 Å². The van der Waals surface area contributed by atoms with Gasteiger partial charge in [0, 0.05) is 43.0 Å². The number of hydrogen-bond donors (Lipinski definition) is 0. The SMILES string of the molecule is CC1(C)c2ccccc2-c2c1sc1c2ccc2c3ccccc3n(-c3nc(-c4ccccc4)c4cc(-c5ccccc5)ccc4n3)c21. The fourth-order valence-electron chi connectivity index (χ4n) is 7.73. The van der Waals surface area contributed by atoms with Crippen molar-refractivity contribution in [3.63, 3.8) is 0 Å². The summed E-state index contributed by atoms with van der Waals surface area (Å²) in [6, 6.07) is 49.9. The van der Waals surface area contributed by atoms with Crippen LogP contribution >= 0.6 is 11.3 Å². The monoisotopic (exact) mass is 619 g/mol. The van der Waals surface area contributed by atoms with Gasteiger partial charge in [0.2, 0.25) is 5.95 Å². The summed E-state index contributed by atoms with van der Waals surface area (Å²) in [5.74, 6) is 0.690. The number of benzene rings is 6. The highest BCUT2D eigenvalue weighted by Gasteiger charge is 2.39. The molecular weight excluding hydrogens is 591 g/mol. The van der Waals surface area contributed by atoms with Gasteiger partial charge in [0.1, 0.15) is 0 Å². The van der Waals surface area contributed by atoms with Crippen molar-refractivity contribution in [1.29, 1.82) is 0 Å². The Bertz CT molecular complexity index is 2700. The molecule has 3 nitrogen and oxygen atoms in total. The van der Waals surface area contributed by atoms with Gasteiger partial charge in [0.25, 0.3) is 0 Å². The van der Waals surface area contributed by atoms with Gasteiger partial charge in [-0.15, -0.1) is 11.3 Å². The topological polar surface area (TPSA) is 30.7 Å². The van der Waals surface area contributed by atoms with Crippen molar-refractivity contribution < 1.29 is 0 Å². The van der Waals surface area contributed by atoms with E-state index in [1.54, 1.807) is 0 Å². The lowest BCUT2D eigenvalue weighted by atomic mass is 9.87. The lowest BCUT2D eigenvalue weighted by Crippen LogP contribution is -2.13. The Hall–Kier alpha value is -5.58. The minimum atomic E-state index is -0.0603. The summed E-state index contributed by atoms with van der Waals surface area (Å²) in [7, 11) is 0. The first-order valence-corrected chi connectivity index (χ1v) is 16.9.